The van der Waals surface area contributed by atoms with Crippen LogP contribution in [0.4, 0.5) is 18.9 Å². The van der Waals surface area contributed by atoms with E-state index in [1.165, 1.54) is 18.4 Å². The number of nitrogens with one attached hydrogen (secondary N) is 1. The smallest absolute Gasteiger partial charge is 0.418 e. The molecule has 4 nitrogen and oxygen atoms in total. The number of rotatable bonds is 5. The molecule has 0 fully saturated rings. The lowest BCUT2D eigenvalue weighted by molar-refractivity contribution is -0.136. The highest BCUT2D eigenvalue weighted by Gasteiger charge is 2.34. The standard InChI is InChI=1S/C19H15ClF3N3OS/c20-13-6-7-16(19(21,22)23)17(10-13)25-18(28)26(12-15-5-3-9-27-15)11-14-4-1-2-8-24-14/h1-10H,11-12H2,(H,25,28). The number of hydrogen-bond donors (Lipinski definition) is 1. The number of alkyl halides is 3. The van der Waals surface area contributed by atoms with Crippen molar-refractivity contribution in [2.75, 3.05) is 5.32 Å². The summed E-state index contributed by atoms with van der Waals surface area (Å²) in [6.45, 7) is 0.548. The van der Waals surface area contributed by atoms with Crippen LogP contribution in [-0.4, -0.2) is 15.0 Å². The molecule has 3 aromatic rings. The second-order valence-electron chi connectivity index (χ2n) is 5.87. The molecule has 2 aromatic heterocycles. The lowest BCUT2D eigenvalue weighted by atomic mass is 10.1. The molecule has 0 aliphatic rings. The predicted octanol–water partition coefficient (Wildman–Crippen LogP) is 5.75. The zero-order valence-electron chi connectivity index (χ0n) is 14.4. The summed E-state index contributed by atoms with van der Waals surface area (Å²) in [5.74, 6) is 0.613. The molecule has 0 amide bonds. The second kappa shape index (κ2) is 8.62. The van der Waals surface area contributed by atoms with Gasteiger partial charge in [0.15, 0.2) is 5.11 Å². The molecular formula is C19H15ClF3N3OS. The summed E-state index contributed by atoms with van der Waals surface area (Å²) in [4.78, 5) is 5.91. The molecule has 28 heavy (non-hydrogen) atoms. The number of aromatic nitrogens is 1. The van der Waals surface area contributed by atoms with Crippen molar-refractivity contribution < 1.29 is 17.6 Å². The quantitative estimate of drug-likeness (QED) is 0.527. The number of nitrogens with zero attached hydrogens (tertiary/aromatic N) is 2. The molecule has 0 bridgehead atoms. The average Bonchev–Trinajstić information content (AvgIpc) is 3.14. The summed E-state index contributed by atoms with van der Waals surface area (Å²) in [7, 11) is 0. The van der Waals surface area contributed by atoms with E-state index < -0.39 is 11.7 Å². The lowest BCUT2D eigenvalue weighted by Gasteiger charge is -2.26. The van der Waals surface area contributed by atoms with E-state index in [9.17, 15) is 13.2 Å². The van der Waals surface area contributed by atoms with Crippen LogP contribution < -0.4 is 5.32 Å². The molecule has 0 radical (unpaired) electrons. The molecule has 3 rings (SSSR count). The Balaban J connectivity index is 1.86. The van der Waals surface area contributed by atoms with Gasteiger partial charge in [-0.25, -0.2) is 0 Å². The van der Waals surface area contributed by atoms with Gasteiger partial charge in [-0.2, -0.15) is 13.2 Å². The van der Waals surface area contributed by atoms with Gasteiger partial charge in [0.1, 0.15) is 5.76 Å². The van der Waals surface area contributed by atoms with Crippen molar-refractivity contribution in [3.8, 4) is 0 Å². The Labute approximate surface area is 169 Å². The highest BCUT2D eigenvalue weighted by molar-refractivity contribution is 7.80. The Hall–Kier alpha value is -2.58. The summed E-state index contributed by atoms with van der Waals surface area (Å²) >= 11 is 11.3. The van der Waals surface area contributed by atoms with Crippen molar-refractivity contribution in [2.24, 2.45) is 0 Å². The Bertz CT molecular complexity index is 933. The number of hydrogen-bond acceptors (Lipinski definition) is 3. The summed E-state index contributed by atoms with van der Waals surface area (Å²) in [6, 6.07) is 12.2. The SMILES string of the molecule is FC(F)(F)c1ccc(Cl)cc1NC(=S)N(Cc1ccccn1)Cc1ccco1. The minimum absolute atomic E-state index is 0.0924. The van der Waals surface area contributed by atoms with Crippen molar-refractivity contribution in [3.05, 3.63) is 83.0 Å². The fourth-order valence-electron chi connectivity index (χ4n) is 2.54. The summed E-state index contributed by atoms with van der Waals surface area (Å²) in [6.07, 6.45) is -1.39. The average molecular weight is 426 g/mol. The first-order valence-electron chi connectivity index (χ1n) is 8.18. The Kier molecular flexibility index (Phi) is 6.21. The van der Waals surface area contributed by atoms with Gasteiger partial charge in [-0.05, 0) is 54.7 Å². The molecule has 0 saturated carbocycles. The molecule has 1 N–H and O–H groups in total. The van der Waals surface area contributed by atoms with Crippen LogP contribution in [0, 0.1) is 0 Å². The Morgan fingerprint density at radius 1 is 1.14 bits per heavy atom. The van der Waals surface area contributed by atoms with Gasteiger partial charge in [0.05, 0.1) is 36.3 Å². The van der Waals surface area contributed by atoms with Crippen LogP contribution in [0.25, 0.3) is 0 Å². The lowest BCUT2D eigenvalue weighted by Crippen LogP contribution is -2.34. The minimum Gasteiger partial charge on any atom is -0.467 e. The highest BCUT2D eigenvalue weighted by Crippen LogP contribution is 2.36. The van der Waals surface area contributed by atoms with E-state index in [1.54, 1.807) is 35.4 Å². The van der Waals surface area contributed by atoms with Crippen LogP contribution in [0.2, 0.25) is 5.02 Å². The van der Waals surface area contributed by atoms with Crippen molar-refractivity contribution in [2.45, 2.75) is 19.3 Å². The highest BCUT2D eigenvalue weighted by atomic mass is 35.5. The number of anilines is 1. The number of furan rings is 1. The third-order valence-electron chi connectivity index (χ3n) is 3.82. The van der Waals surface area contributed by atoms with Gasteiger partial charge >= 0.3 is 6.18 Å². The van der Waals surface area contributed by atoms with Crippen molar-refractivity contribution >= 4 is 34.6 Å². The third-order valence-corrected chi connectivity index (χ3v) is 4.42. The largest absolute Gasteiger partial charge is 0.467 e. The maximum absolute atomic E-state index is 13.3. The van der Waals surface area contributed by atoms with Crippen LogP contribution in [-0.2, 0) is 19.3 Å². The van der Waals surface area contributed by atoms with E-state index in [0.29, 0.717) is 11.5 Å². The first-order chi connectivity index (χ1) is 13.3. The van der Waals surface area contributed by atoms with Crippen molar-refractivity contribution in [3.63, 3.8) is 0 Å². The van der Waals surface area contributed by atoms with E-state index in [1.807, 2.05) is 6.07 Å². The Morgan fingerprint density at radius 2 is 1.96 bits per heavy atom. The number of pyridine rings is 1. The summed E-state index contributed by atoms with van der Waals surface area (Å²) < 4.78 is 45.3. The fourth-order valence-corrected chi connectivity index (χ4v) is 2.95. The van der Waals surface area contributed by atoms with E-state index in [4.69, 9.17) is 28.2 Å². The first-order valence-corrected chi connectivity index (χ1v) is 8.96. The molecule has 1 aromatic carbocycles. The van der Waals surface area contributed by atoms with Crippen LogP contribution in [0.5, 0.6) is 0 Å². The molecule has 0 unspecified atom stereocenters. The molecule has 146 valence electrons. The van der Waals surface area contributed by atoms with Gasteiger partial charge in [0.25, 0.3) is 0 Å². The van der Waals surface area contributed by atoms with Gasteiger partial charge in [0.2, 0.25) is 0 Å². The Morgan fingerprint density at radius 3 is 2.61 bits per heavy atom. The second-order valence-corrected chi connectivity index (χ2v) is 6.70. The maximum atomic E-state index is 13.3. The predicted molar refractivity (Wildman–Crippen MR) is 105 cm³/mol. The number of halogens is 4. The van der Waals surface area contributed by atoms with Crippen LogP contribution in [0.3, 0.4) is 0 Å². The summed E-state index contributed by atoms with van der Waals surface area (Å²) in [5.41, 5.74) is -0.356. The van der Waals surface area contributed by atoms with E-state index in [2.05, 4.69) is 10.3 Å². The molecule has 0 aliphatic heterocycles. The molecule has 0 spiro atoms. The summed E-state index contributed by atoms with van der Waals surface area (Å²) in [5, 5.41) is 2.93. The van der Waals surface area contributed by atoms with Gasteiger partial charge in [-0.15, -0.1) is 0 Å². The normalized spacial score (nSPS) is 11.3. The molecular weight excluding hydrogens is 411 g/mol. The monoisotopic (exact) mass is 425 g/mol. The molecule has 0 atom stereocenters. The molecule has 0 saturated heterocycles. The van der Waals surface area contributed by atoms with Crippen molar-refractivity contribution in [1.29, 1.82) is 0 Å². The molecule has 9 heteroatoms. The zero-order chi connectivity index (χ0) is 20.1. The minimum atomic E-state index is -4.55. The fraction of sp³-hybridized carbons (Fsp3) is 0.158. The zero-order valence-corrected chi connectivity index (χ0v) is 16.0. The van der Waals surface area contributed by atoms with Crippen molar-refractivity contribution in [1.82, 2.24) is 9.88 Å². The topological polar surface area (TPSA) is 41.3 Å². The van der Waals surface area contributed by atoms with E-state index in [0.717, 1.165) is 6.07 Å². The van der Waals surface area contributed by atoms with Gasteiger partial charge < -0.3 is 14.6 Å². The number of thiocarbonyl (C=S) groups is 1. The van der Waals surface area contributed by atoms with Gasteiger partial charge in [-0.3, -0.25) is 4.98 Å². The van der Waals surface area contributed by atoms with E-state index >= 15 is 0 Å². The van der Waals surface area contributed by atoms with Gasteiger partial charge in [-0.1, -0.05) is 17.7 Å². The van der Waals surface area contributed by atoms with E-state index in [-0.39, 0.29) is 28.9 Å². The van der Waals surface area contributed by atoms with Crippen LogP contribution in [0.1, 0.15) is 17.0 Å². The molecule has 0 aliphatic carbocycles. The molecule has 2 heterocycles. The first kappa shape index (κ1) is 20.2. The van der Waals surface area contributed by atoms with Gasteiger partial charge in [0, 0.05) is 11.2 Å². The number of benzene rings is 1. The third kappa shape index (κ3) is 5.24. The van der Waals surface area contributed by atoms with Crippen LogP contribution >= 0.6 is 23.8 Å². The van der Waals surface area contributed by atoms with Crippen LogP contribution in [0.15, 0.2) is 65.4 Å². The maximum Gasteiger partial charge on any atom is 0.418 e.